The number of aromatic nitrogens is 1. The summed E-state index contributed by atoms with van der Waals surface area (Å²) in [5.41, 5.74) is 0.278. The molecular weight excluding hydrogens is 324 g/mol. The van der Waals surface area contributed by atoms with Crippen molar-refractivity contribution in [2.45, 2.75) is 13.8 Å². The van der Waals surface area contributed by atoms with Crippen LogP contribution in [0.1, 0.15) is 24.3 Å². The second kappa shape index (κ2) is 5.28. The smallest absolute Gasteiger partial charge is 0.310 e. The van der Waals surface area contributed by atoms with Gasteiger partial charge in [0.05, 0.1) is 5.41 Å². The van der Waals surface area contributed by atoms with Crippen molar-refractivity contribution in [3.63, 3.8) is 0 Å². The van der Waals surface area contributed by atoms with Crippen molar-refractivity contribution in [3.8, 4) is 0 Å². The van der Waals surface area contributed by atoms with Gasteiger partial charge < -0.3 is 15.4 Å². The molecule has 0 spiro atoms. The lowest BCUT2D eigenvalue weighted by atomic mass is 9.94. The van der Waals surface area contributed by atoms with Gasteiger partial charge in [0.25, 0.3) is 5.91 Å². The number of carbonyl (C=O) groups excluding carboxylic acids is 1. The minimum atomic E-state index is -0.995. The maximum absolute atomic E-state index is 12.0. The lowest BCUT2D eigenvalue weighted by molar-refractivity contribution is -0.146. The Kier molecular flexibility index (Phi) is 3.85. The molecule has 1 aromatic heterocycles. The molecule has 3 N–H and O–H groups in total. The number of aromatic amines is 1. The van der Waals surface area contributed by atoms with E-state index in [1.54, 1.807) is 19.9 Å². The quantitative estimate of drug-likeness (QED) is 0.801. The number of H-pyrrole nitrogens is 1. The van der Waals surface area contributed by atoms with E-state index in [0.29, 0.717) is 5.69 Å². The molecule has 2 rings (SSSR count). The molecule has 0 bridgehead atoms. The Morgan fingerprint density at radius 3 is 2.70 bits per heavy atom. The summed E-state index contributed by atoms with van der Waals surface area (Å²) in [6, 6.07) is 7.40. The number of aliphatic carboxylic acids is 1. The largest absolute Gasteiger partial charge is 0.481 e. The number of nitrogens with one attached hydrogen (secondary N) is 2. The van der Waals surface area contributed by atoms with E-state index >= 15 is 0 Å². The molecule has 6 heteroatoms. The van der Waals surface area contributed by atoms with E-state index in [4.69, 9.17) is 5.11 Å². The molecule has 20 heavy (non-hydrogen) atoms. The van der Waals surface area contributed by atoms with Crippen LogP contribution >= 0.6 is 15.9 Å². The van der Waals surface area contributed by atoms with E-state index in [0.717, 1.165) is 15.4 Å². The van der Waals surface area contributed by atoms with Crippen molar-refractivity contribution in [3.05, 3.63) is 34.4 Å². The maximum atomic E-state index is 12.0. The van der Waals surface area contributed by atoms with Crippen LogP contribution in [0.3, 0.4) is 0 Å². The first kappa shape index (κ1) is 14.6. The van der Waals surface area contributed by atoms with E-state index in [1.807, 2.05) is 18.2 Å². The number of hydrogen-bond acceptors (Lipinski definition) is 2. The molecule has 1 heterocycles. The van der Waals surface area contributed by atoms with Crippen LogP contribution in [-0.4, -0.2) is 28.5 Å². The predicted octanol–water partition coefficient (Wildman–Crippen LogP) is 2.77. The zero-order valence-electron chi connectivity index (χ0n) is 11.2. The second-order valence-electron chi connectivity index (χ2n) is 5.29. The Morgan fingerprint density at radius 2 is 2.05 bits per heavy atom. The Morgan fingerprint density at radius 1 is 1.35 bits per heavy atom. The fraction of sp³-hybridized carbons (Fsp3) is 0.286. The second-order valence-corrected chi connectivity index (χ2v) is 6.20. The van der Waals surface area contributed by atoms with Crippen LogP contribution in [0.25, 0.3) is 10.9 Å². The molecule has 0 radical (unpaired) electrons. The predicted molar refractivity (Wildman–Crippen MR) is 79.7 cm³/mol. The van der Waals surface area contributed by atoms with Crippen LogP contribution in [-0.2, 0) is 4.79 Å². The zero-order chi connectivity index (χ0) is 14.9. The zero-order valence-corrected chi connectivity index (χ0v) is 12.7. The Balaban J connectivity index is 2.14. The molecule has 0 aliphatic heterocycles. The molecule has 0 aliphatic rings. The SMILES string of the molecule is CC(C)(CNC(=O)c1cc2cc(Br)ccc2[nH]1)C(=O)O. The Bertz CT molecular complexity index is 676. The van der Waals surface area contributed by atoms with Gasteiger partial charge in [-0.2, -0.15) is 0 Å². The summed E-state index contributed by atoms with van der Waals surface area (Å²) in [7, 11) is 0. The third kappa shape index (κ3) is 3.01. The number of carboxylic acid groups (broad SMARTS) is 1. The van der Waals surface area contributed by atoms with Crippen molar-refractivity contribution in [1.82, 2.24) is 10.3 Å². The van der Waals surface area contributed by atoms with Gasteiger partial charge in [-0.3, -0.25) is 9.59 Å². The minimum absolute atomic E-state index is 0.0697. The highest BCUT2D eigenvalue weighted by Crippen LogP contribution is 2.20. The third-order valence-electron chi connectivity index (χ3n) is 3.10. The lowest BCUT2D eigenvalue weighted by Gasteiger charge is -2.19. The number of hydrogen-bond donors (Lipinski definition) is 3. The number of carboxylic acids is 1. The third-order valence-corrected chi connectivity index (χ3v) is 3.59. The van der Waals surface area contributed by atoms with Crippen LogP contribution in [0.2, 0.25) is 0 Å². The normalized spacial score (nSPS) is 11.6. The van der Waals surface area contributed by atoms with Gasteiger partial charge in [-0.15, -0.1) is 0 Å². The summed E-state index contributed by atoms with van der Waals surface area (Å²) >= 11 is 3.37. The molecule has 5 nitrogen and oxygen atoms in total. The average Bonchev–Trinajstić information content (AvgIpc) is 2.78. The summed E-state index contributed by atoms with van der Waals surface area (Å²) in [5.74, 6) is -1.26. The molecule has 1 amide bonds. The molecule has 106 valence electrons. The van der Waals surface area contributed by atoms with E-state index in [2.05, 4.69) is 26.2 Å². The highest BCUT2D eigenvalue weighted by molar-refractivity contribution is 9.10. The van der Waals surface area contributed by atoms with E-state index in [9.17, 15) is 9.59 Å². The highest BCUT2D eigenvalue weighted by atomic mass is 79.9. The molecule has 0 unspecified atom stereocenters. The molecule has 0 saturated carbocycles. The molecule has 0 fully saturated rings. The molecule has 2 aromatic rings. The van der Waals surface area contributed by atoms with Crippen molar-refractivity contribution in [1.29, 1.82) is 0 Å². The van der Waals surface area contributed by atoms with Crippen molar-refractivity contribution in [2.75, 3.05) is 6.54 Å². The Hall–Kier alpha value is -1.82. The summed E-state index contributed by atoms with van der Waals surface area (Å²) in [5, 5.41) is 12.6. The van der Waals surface area contributed by atoms with E-state index in [1.165, 1.54) is 0 Å². The number of amides is 1. The van der Waals surface area contributed by atoms with Gasteiger partial charge in [0, 0.05) is 21.9 Å². The first-order valence-electron chi connectivity index (χ1n) is 6.09. The van der Waals surface area contributed by atoms with Gasteiger partial charge >= 0.3 is 5.97 Å². The average molecular weight is 339 g/mol. The number of carbonyl (C=O) groups is 2. The number of rotatable bonds is 4. The van der Waals surface area contributed by atoms with Gasteiger partial charge in [0.2, 0.25) is 0 Å². The number of halogens is 1. The summed E-state index contributed by atoms with van der Waals surface area (Å²) in [6.07, 6.45) is 0. The summed E-state index contributed by atoms with van der Waals surface area (Å²) in [6.45, 7) is 3.20. The van der Waals surface area contributed by atoms with Crippen LogP contribution in [0.5, 0.6) is 0 Å². The first-order valence-corrected chi connectivity index (χ1v) is 6.89. The molecule has 1 aromatic carbocycles. The molecule has 0 saturated heterocycles. The molecular formula is C14H15BrN2O3. The monoisotopic (exact) mass is 338 g/mol. The van der Waals surface area contributed by atoms with Gasteiger partial charge in [-0.1, -0.05) is 15.9 Å². The van der Waals surface area contributed by atoms with Gasteiger partial charge in [-0.25, -0.2) is 0 Å². The van der Waals surface area contributed by atoms with Crippen LogP contribution in [0, 0.1) is 5.41 Å². The Labute approximate surface area is 124 Å². The number of fused-ring (bicyclic) bond motifs is 1. The molecule has 0 aliphatic carbocycles. The van der Waals surface area contributed by atoms with Crippen LogP contribution in [0.4, 0.5) is 0 Å². The maximum Gasteiger partial charge on any atom is 0.310 e. The van der Waals surface area contributed by atoms with Crippen LogP contribution < -0.4 is 5.32 Å². The fourth-order valence-corrected chi connectivity index (χ4v) is 2.08. The summed E-state index contributed by atoms with van der Waals surface area (Å²) in [4.78, 5) is 26.0. The standard InChI is InChI=1S/C14H15BrN2O3/c1-14(2,13(19)20)7-16-12(18)11-6-8-5-9(15)3-4-10(8)17-11/h3-6,17H,7H2,1-2H3,(H,16,18)(H,19,20). The minimum Gasteiger partial charge on any atom is -0.481 e. The highest BCUT2D eigenvalue weighted by Gasteiger charge is 2.27. The van der Waals surface area contributed by atoms with Gasteiger partial charge in [0.1, 0.15) is 5.69 Å². The lowest BCUT2D eigenvalue weighted by Crippen LogP contribution is -2.39. The van der Waals surface area contributed by atoms with E-state index < -0.39 is 11.4 Å². The van der Waals surface area contributed by atoms with E-state index in [-0.39, 0.29) is 12.5 Å². The van der Waals surface area contributed by atoms with Crippen molar-refractivity contribution in [2.24, 2.45) is 5.41 Å². The van der Waals surface area contributed by atoms with Crippen molar-refractivity contribution >= 4 is 38.7 Å². The fourth-order valence-electron chi connectivity index (χ4n) is 1.70. The van der Waals surface area contributed by atoms with Gasteiger partial charge in [0.15, 0.2) is 0 Å². The number of benzene rings is 1. The van der Waals surface area contributed by atoms with Gasteiger partial charge in [-0.05, 0) is 38.1 Å². The van der Waals surface area contributed by atoms with Crippen LogP contribution in [0.15, 0.2) is 28.7 Å². The van der Waals surface area contributed by atoms with Crippen molar-refractivity contribution < 1.29 is 14.7 Å². The summed E-state index contributed by atoms with van der Waals surface area (Å²) < 4.78 is 0.933. The topological polar surface area (TPSA) is 82.2 Å². The molecule has 0 atom stereocenters. The first-order chi connectivity index (χ1) is 9.29.